The van der Waals surface area contributed by atoms with Crippen molar-refractivity contribution in [2.24, 2.45) is 0 Å². The first-order valence-electron chi connectivity index (χ1n) is 8.93. The fraction of sp³-hybridized carbons (Fsp3) is 0.550. The molecule has 1 aliphatic rings. The first-order valence-corrected chi connectivity index (χ1v) is 8.93. The summed E-state index contributed by atoms with van der Waals surface area (Å²) in [5.74, 6) is 0.209. The van der Waals surface area contributed by atoms with Crippen LogP contribution < -0.4 is 5.32 Å². The largest absolute Gasteiger partial charge is 0.339 e. The monoisotopic (exact) mass is 329 g/mol. The Hall–Kier alpha value is -1.65. The Kier molecular flexibility index (Phi) is 6.58. The summed E-state index contributed by atoms with van der Waals surface area (Å²) < 4.78 is 0. The van der Waals surface area contributed by atoms with E-state index in [2.05, 4.69) is 62.2 Å². The van der Waals surface area contributed by atoms with E-state index in [0.29, 0.717) is 0 Å². The van der Waals surface area contributed by atoms with Gasteiger partial charge in [0.25, 0.3) is 0 Å². The molecule has 0 aromatic heterocycles. The van der Waals surface area contributed by atoms with E-state index >= 15 is 0 Å². The van der Waals surface area contributed by atoms with Crippen molar-refractivity contribution < 1.29 is 4.79 Å². The van der Waals surface area contributed by atoms with E-state index in [1.807, 2.05) is 23.1 Å². The molecule has 1 N–H and O–H groups in total. The van der Waals surface area contributed by atoms with Gasteiger partial charge >= 0.3 is 0 Å². The molecule has 0 saturated carbocycles. The lowest BCUT2D eigenvalue weighted by Crippen LogP contribution is -2.57. The first-order chi connectivity index (χ1) is 11.4. The molecule has 1 aromatic carbocycles. The quantitative estimate of drug-likeness (QED) is 0.902. The van der Waals surface area contributed by atoms with E-state index in [1.54, 1.807) is 0 Å². The molecule has 1 atom stereocenters. The molecule has 1 saturated heterocycles. The number of carbonyl (C=O) groups excluding carboxylic acids is 1. The highest BCUT2D eigenvalue weighted by molar-refractivity contribution is 5.85. The number of piperazine rings is 1. The molecule has 0 spiro atoms. The summed E-state index contributed by atoms with van der Waals surface area (Å²) in [6.45, 7) is 12.8. The Morgan fingerprint density at radius 3 is 2.42 bits per heavy atom. The number of carbonyl (C=O) groups is 1. The predicted octanol–water partition coefficient (Wildman–Crippen LogP) is 2.62. The minimum absolute atomic E-state index is 0.0653. The Morgan fingerprint density at radius 1 is 1.25 bits per heavy atom. The number of likely N-dealkylation sites (N-methyl/N-ethyl adjacent to an activating group) is 1. The van der Waals surface area contributed by atoms with Gasteiger partial charge in [-0.25, -0.2) is 0 Å². The SMILES string of the molecule is CCN(C(/C=C\c1ccccc1)C(=O)N1CCNCC1)C(C)(C)C. The van der Waals surface area contributed by atoms with Gasteiger partial charge in [-0.2, -0.15) is 0 Å². The zero-order chi connectivity index (χ0) is 17.6. The summed E-state index contributed by atoms with van der Waals surface area (Å²) in [5, 5.41) is 3.31. The number of nitrogens with zero attached hydrogens (tertiary/aromatic N) is 2. The molecule has 4 nitrogen and oxygen atoms in total. The minimum Gasteiger partial charge on any atom is -0.339 e. The van der Waals surface area contributed by atoms with Crippen LogP contribution in [0.5, 0.6) is 0 Å². The second kappa shape index (κ2) is 8.45. The van der Waals surface area contributed by atoms with Crippen LogP contribution in [-0.4, -0.2) is 60.0 Å². The molecule has 1 unspecified atom stereocenters. The van der Waals surface area contributed by atoms with Gasteiger partial charge in [-0.05, 0) is 32.9 Å². The molecule has 132 valence electrons. The number of hydrogen-bond acceptors (Lipinski definition) is 3. The molecule has 0 radical (unpaired) electrons. The van der Waals surface area contributed by atoms with Gasteiger partial charge < -0.3 is 10.2 Å². The van der Waals surface area contributed by atoms with Crippen LogP contribution in [-0.2, 0) is 4.79 Å². The highest BCUT2D eigenvalue weighted by atomic mass is 16.2. The second-order valence-electron chi connectivity index (χ2n) is 7.25. The van der Waals surface area contributed by atoms with Crippen molar-refractivity contribution in [1.29, 1.82) is 0 Å². The molecule has 0 bridgehead atoms. The lowest BCUT2D eigenvalue weighted by molar-refractivity contribution is -0.137. The van der Waals surface area contributed by atoms with Crippen molar-refractivity contribution in [1.82, 2.24) is 15.1 Å². The number of rotatable bonds is 5. The van der Waals surface area contributed by atoms with Crippen LogP contribution in [0.3, 0.4) is 0 Å². The second-order valence-corrected chi connectivity index (χ2v) is 7.25. The smallest absolute Gasteiger partial charge is 0.244 e. The Morgan fingerprint density at radius 2 is 1.88 bits per heavy atom. The molecule has 4 heteroatoms. The Balaban J connectivity index is 2.26. The molecule has 1 aromatic rings. The molecular formula is C20H31N3O. The summed E-state index contributed by atoms with van der Waals surface area (Å²) in [6.07, 6.45) is 4.13. The van der Waals surface area contributed by atoms with Crippen LogP contribution in [0.2, 0.25) is 0 Å². The van der Waals surface area contributed by atoms with Gasteiger partial charge in [0.1, 0.15) is 6.04 Å². The molecule has 1 heterocycles. The summed E-state index contributed by atoms with van der Waals surface area (Å²) in [5.41, 5.74) is 1.06. The molecule has 24 heavy (non-hydrogen) atoms. The zero-order valence-corrected chi connectivity index (χ0v) is 15.5. The average Bonchev–Trinajstić information content (AvgIpc) is 2.58. The maximum Gasteiger partial charge on any atom is 0.244 e. The standard InChI is InChI=1S/C20H31N3O/c1-5-23(20(2,3)4)18(12-11-17-9-7-6-8-10-17)19(24)22-15-13-21-14-16-22/h6-12,18,21H,5,13-16H2,1-4H3/b12-11-. The van der Waals surface area contributed by atoms with Gasteiger partial charge in [0.2, 0.25) is 5.91 Å². The van der Waals surface area contributed by atoms with Gasteiger partial charge in [-0.15, -0.1) is 0 Å². The number of benzene rings is 1. The van der Waals surface area contributed by atoms with Crippen LogP contribution in [0, 0.1) is 0 Å². The Bertz CT molecular complexity index is 542. The maximum atomic E-state index is 13.2. The molecule has 2 rings (SSSR count). The summed E-state index contributed by atoms with van der Waals surface area (Å²) in [6, 6.07) is 9.96. The highest BCUT2D eigenvalue weighted by Gasteiger charge is 2.33. The van der Waals surface area contributed by atoms with Crippen molar-refractivity contribution >= 4 is 12.0 Å². The lowest BCUT2D eigenvalue weighted by atomic mass is 10.0. The third kappa shape index (κ3) is 4.92. The molecule has 1 fully saturated rings. The third-order valence-corrected chi connectivity index (χ3v) is 4.49. The molecule has 1 aliphatic heterocycles. The van der Waals surface area contributed by atoms with E-state index < -0.39 is 0 Å². The number of hydrogen-bond donors (Lipinski definition) is 1. The van der Waals surface area contributed by atoms with Crippen molar-refractivity contribution in [2.75, 3.05) is 32.7 Å². The molecule has 0 aliphatic carbocycles. The van der Waals surface area contributed by atoms with Crippen LogP contribution in [0.25, 0.3) is 6.08 Å². The predicted molar refractivity (Wildman–Crippen MR) is 101 cm³/mol. The van der Waals surface area contributed by atoms with Crippen LogP contribution in [0.15, 0.2) is 36.4 Å². The topological polar surface area (TPSA) is 35.6 Å². The normalized spacial score (nSPS) is 17.5. The fourth-order valence-corrected chi connectivity index (χ4v) is 3.25. The van der Waals surface area contributed by atoms with E-state index in [4.69, 9.17) is 0 Å². The minimum atomic E-state index is -0.228. The van der Waals surface area contributed by atoms with E-state index in [9.17, 15) is 4.79 Å². The van der Waals surface area contributed by atoms with Crippen molar-refractivity contribution in [3.05, 3.63) is 42.0 Å². The molecular weight excluding hydrogens is 298 g/mol. The van der Waals surface area contributed by atoms with E-state index in [0.717, 1.165) is 38.3 Å². The van der Waals surface area contributed by atoms with Gasteiger partial charge in [0.15, 0.2) is 0 Å². The summed E-state index contributed by atoms with van der Waals surface area (Å²) in [4.78, 5) is 17.4. The van der Waals surface area contributed by atoms with Crippen molar-refractivity contribution in [3.8, 4) is 0 Å². The van der Waals surface area contributed by atoms with Crippen molar-refractivity contribution in [3.63, 3.8) is 0 Å². The number of nitrogens with one attached hydrogen (secondary N) is 1. The van der Waals surface area contributed by atoms with Gasteiger partial charge in [-0.1, -0.05) is 49.4 Å². The first kappa shape index (κ1) is 18.7. The molecule has 1 amide bonds. The maximum absolute atomic E-state index is 13.2. The highest BCUT2D eigenvalue weighted by Crippen LogP contribution is 2.20. The lowest BCUT2D eigenvalue weighted by Gasteiger charge is -2.41. The van der Waals surface area contributed by atoms with Gasteiger partial charge in [0.05, 0.1) is 0 Å². The fourth-order valence-electron chi connectivity index (χ4n) is 3.25. The van der Waals surface area contributed by atoms with Crippen LogP contribution >= 0.6 is 0 Å². The number of amides is 1. The summed E-state index contributed by atoms with van der Waals surface area (Å²) >= 11 is 0. The third-order valence-electron chi connectivity index (χ3n) is 4.49. The van der Waals surface area contributed by atoms with Crippen LogP contribution in [0.1, 0.15) is 33.3 Å². The van der Waals surface area contributed by atoms with Gasteiger partial charge in [-0.3, -0.25) is 9.69 Å². The van der Waals surface area contributed by atoms with E-state index in [-0.39, 0.29) is 17.5 Å². The van der Waals surface area contributed by atoms with Crippen LogP contribution in [0.4, 0.5) is 0 Å². The van der Waals surface area contributed by atoms with E-state index in [1.165, 1.54) is 0 Å². The average molecular weight is 329 g/mol. The zero-order valence-electron chi connectivity index (χ0n) is 15.5. The van der Waals surface area contributed by atoms with Gasteiger partial charge in [0, 0.05) is 31.7 Å². The summed E-state index contributed by atoms with van der Waals surface area (Å²) in [7, 11) is 0. The van der Waals surface area contributed by atoms with Crippen molar-refractivity contribution in [2.45, 2.75) is 39.3 Å². The Labute approximate surface area is 146 Å².